The molecule has 0 spiro atoms. The maximum absolute atomic E-state index is 13.7. The number of amides is 1. The highest BCUT2D eigenvalue weighted by Gasteiger charge is 2.24. The number of methoxy groups -OCH3 is 1. The second-order valence-corrected chi connectivity index (χ2v) is 9.99. The number of nitrogens with one attached hydrogen (secondary N) is 2. The van der Waals surface area contributed by atoms with Crippen LogP contribution in [-0.2, 0) is 9.53 Å². The number of hydrogen-bond donors (Lipinski definition) is 2. The van der Waals surface area contributed by atoms with Gasteiger partial charge in [-0.1, -0.05) is 24.6 Å². The second kappa shape index (κ2) is 12.2. The smallest absolute Gasteiger partial charge is 0.305 e. The number of aryl methyl sites for hydroxylation is 2. The molecule has 1 amide bonds. The second-order valence-electron chi connectivity index (χ2n) is 9.99. The molecule has 0 aromatic heterocycles. The highest BCUT2D eigenvalue weighted by molar-refractivity contribution is 6.09. The van der Waals surface area contributed by atoms with E-state index in [9.17, 15) is 9.59 Å². The Labute approximate surface area is 229 Å². The summed E-state index contributed by atoms with van der Waals surface area (Å²) in [4.78, 5) is 26.9. The first-order valence-corrected chi connectivity index (χ1v) is 13.5. The van der Waals surface area contributed by atoms with Gasteiger partial charge in [0.2, 0.25) is 0 Å². The number of rotatable bonds is 10. The standard InChI is InChI=1S/C32H37N3O4/c1-6-34-27-19-29-25(17-21(27)3)31(24-16-20(2)26(33)18-28(24)39-29)22-12-9-10-13-23(22)32(37)35(4)15-11-7-8-14-30(36)38-5/h9-10,12-13,16-19,33-34H,6-8,11,14-15H2,1-5H3. The molecule has 1 aliphatic carbocycles. The number of hydrogen-bond acceptors (Lipinski definition) is 6. The van der Waals surface area contributed by atoms with Crippen molar-refractivity contribution in [2.24, 2.45) is 0 Å². The average Bonchev–Trinajstić information content (AvgIpc) is 2.92. The summed E-state index contributed by atoms with van der Waals surface area (Å²) in [5.41, 5.74) is 6.86. The number of ether oxygens (including phenoxy) is 1. The summed E-state index contributed by atoms with van der Waals surface area (Å²) >= 11 is 0. The molecule has 7 nitrogen and oxygen atoms in total. The molecule has 0 atom stereocenters. The fourth-order valence-corrected chi connectivity index (χ4v) is 4.96. The minimum Gasteiger partial charge on any atom is -0.469 e. The summed E-state index contributed by atoms with van der Waals surface area (Å²) in [5, 5.41) is 13.1. The van der Waals surface area contributed by atoms with E-state index in [0.717, 1.165) is 64.7 Å². The van der Waals surface area contributed by atoms with Crippen LogP contribution in [0.5, 0.6) is 0 Å². The molecule has 4 rings (SSSR count). The van der Waals surface area contributed by atoms with Gasteiger partial charge in [0.25, 0.3) is 5.91 Å². The molecule has 0 radical (unpaired) electrons. The summed E-state index contributed by atoms with van der Waals surface area (Å²) in [7, 11) is 3.22. The zero-order valence-corrected chi connectivity index (χ0v) is 23.4. The van der Waals surface area contributed by atoms with E-state index in [4.69, 9.17) is 14.6 Å². The molecule has 204 valence electrons. The summed E-state index contributed by atoms with van der Waals surface area (Å²) in [6.07, 6.45) is 2.77. The van der Waals surface area contributed by atoms with Crippen LogP contribution in [0.25, 0.3) is 33.4 Å². The summed E-state index contributed by atoms with van der Waals surface area (Å²) < 4.78 is 11.1. The molecule has 2 aliphatic rings. The molecule has 0 bridgehead atoms. The zero-order chi connectivity index (χ0) is 28.1. The van der Waals surface area contributed by atoms with Crippen molar-refractivity contribution in [3.63, 3.8) is 0 Å². The Morgan fingerprint density at radius 3 is 2.51 bits per heavy atom. The summed E-state index contributed by atoms with van der Waals surface area (Å²) in [6, 6.07) is 15.6. The molecule has 0 saturated carbocycles. The van der Waals surface area contributed by atoms with Gasteiger partial charge in [-0.05, 0) is 68.5 Å². The topological polar surface area (TPSA) is 95.6 Å². The molecule has 2 aromatic carbocycles. The first-order valence-electron chi connectivity index (χ1n) is 13.5. The average molecular weight is 528 g/mol. The summed E-state index contributed by atoms with van der Waals surface area (Å²) in [5.74, 6) is 0.346. The van der Waals surface area contributed by atoms with Crippen LogP contribution in [-0.4, -0.2) is 44.0 Å². The van der Waals surface area contributed by atoms with Gasteiger partial charge in [-0.2, -0.15) is 0 Å². The number of unbranched alkanes of at least 4 members (excludes halogenated alkanes) is 2. The van der Waals surface area contributed by atoms with Gasteiger partial charge in [0.15, 0.2) is 0 Å². The molecule has 39 heavy (non-hydrogen) atoms. The van der Waals surface area contributed by atoms with E-state index in [-0.39, 0.29) is 11.9 Å². The van der Waals surface area contributed by atoms with Crippen LogP contribution >= 0.6 is 0 Å². The van der Waals surface area contributed by atoms with Gasteiger partial charge in [0.05, 0.1) is 12.5 Å². The molecule has 1 heterocycles. The Morgan fingerprint density at radius 2 is 1.77 bits per heavy atom. The number of benzene rings is 3. The van der Waals surface area contributed by atoms with Crippen LogP contribution in [0.4, 0.5) is 5.69 Å². The highest BCUT2D eigenvalue weighted by Crippen LogP contribution is 2.43. The minimum atomic E-state index is -0.206. The normalized spacial score (nSPS) is 11.1. The van der Waals surface area contributed by atoms with Crippen LogP contribution in [0.15, 0.2) is 52.9 Å². The van der Waals surface area contributed by atoms with E-state index in [2.05, 4.69) is 25.2 Å². The first kappa shape index (κ1) is 27.9. The Hall–Kier alpha value is -4.13. The number of carbonyl (C=O) groups excluding carboxylic acids is 2. The van der Waals surface area contributed by atoms with E-state index >= 15 is 0 Å². The molecule has 0 saturated heterocycles. The van der Waals surface area contributed by atoms with Crippen LogP contribution in [0.1, 0.15) is 54.1 Å². The predicted molar refractivity (Wildman–Crippen MR) is 155 cm³/mol. The fourth-order valence-electron chi connectivity index (χ4n) is 4.96. The Kier molecular flexibility index (Phi) is 8.69. The molecule has 7 heteroatoms. The third kappa shape index (κ3) is 5.98. The van der Waals surface area contributed by atoms with Crippen LogP contribution in [0, 0.1) is 19.3 Å². The van der Waals surface area contributed by atoms with Crippen LogP contribution in [0.3, 0.4) is 0 Å². The molecule has 0 fully saturated rings. The first-order chi connectivity index (χ1) is 18.7. The zero-order valence-electron chi connectivity index (χ0n) is 23.4. The van der Waals surface area contributed by atoms with E-state index in [0.29, 0.717) is 35.2 Å². The van der Waals surface area contributed by atoms with Gasteiger partial charge in [-0.3, -0.25) is 9.59 Å². The van der Waals surface area contributed by atoms with Crippen molar-refractivity contribution in [2.75, 3.05) is 32.6 Å². The Morgan fingerprint density at radius 1 is 1.00 bits per heavy atom. The van der Waals surface area contributed by atoms with E-state index in [1.807, 2.05) is 50.4 Å². The van der Waals surface area contributed by atoms with Crippen molar-refractivity contribution < 1.29 is 18.7 Å². The molecule has 0 unspecified atom stereocenters. The molecule has 1 aliphatic heterocycles. The lowest BCUT2D eigenvalue weighted by molar-refractivity contribution is -0.140. The third-order valence-electron chi connectivity index (χ3n) is 7.15. The lowest BCUT2D eigenvalue weighted by atomic mass is 9.89. The Balaban J connectivity index is 1.79. The predicted octanol–water partition coefficient (Wildman–Crippen LogP) is 6.54. The van der Waals surface area contributed by atoms with Gasteiger partial charge in [0.1, 0.15) is 11.3 Å². The van der Waals surface area contributed by atoms with Crippen molar-refractivity contribution in [2.45, 2.75) is 46.5 Å². The van der Waals surface area contributed by atoms with Gasteiger partial charge in [-0.15, -0.1) is 0 Å². The molecular formula is C32H37N3O4. The fraction of sp³-hybridized carbons (Fsp3) is 0.344. The molecule has 2 aromatic rings. The maximum Gasteiger partial charge on any atom is 0.305 e. The number of carbonyl (C=O) groups is 2. The van der Waals surface area contributed by atoms with Gasteiger partial charge in [-0.25, -0.2) is 0 Å². The Bertz CT molecular complexity index is 1540. The maximum atomic E-state index is 13.7. The van der Waals surface area contributed by atoms with E-state index in [1.54, 1.807) is 11.0 Å². The molecule has 2 N–H and O–H groups in total. The number of nitrogens with zero attached hydrogens (tertiary/aromatic N) is 1. The monoisotopic (exact) mass is 527 g/mol. The van der Waals surface area contributed by atoms with Crippen molar-refractivity contribution in [1.29, 1.82) is 5.41 Å². The lowest BCUT2D eigenvalue weighted by Gasteiger charge is -2.22. The summed E-state index contributed by atoms with van der Waals surface area (Å²) in [6.45, 7) is 7.41. The van der Waals surface area contributed by atoms with Crippen molar-refractivity contribution in [1.82, 2.24) is 4.90 Å². The van der Waals surface area contributed by atoms with Gasteiger partial charge in [0, 0.05) is 66.5 Å². The highest BCUT2D eigenvalue weighted by atomic mass is 16.5. The van der Waals surface area contributed by atoms with E-state index in [1.165, 1.54) is 7.11 Å². The van der Waals surface area contributed by atoms with Crippen LogP contribution in [0.2, 0.25) is 0 Å². The van der Waals surface area contributed by atoms with Crippen LogP contribution < -0.4 is 10.7 Å². The minimum absolute atomic E-state index is 0.0597. The van der Waals surface area contributed by atoms with Gasteiger partial charge < -0.3 is 24.8 Å². The van der Waals surface area contributed by atoms with Crippen molar-refractivity contribution in [3.8, 4) is 22.5 Å². The van der Waals surface area contributed by atoms with Gasteiger partial charge >= 0.3 is 5.97 Å². The lowest BCUT2D eigenvalue weighted by Crippen LogP contribution is -2.28. The number of esters is 1. The molecular weight excluding hydrogens is 490 g/mol. The van der Waals surface area contributed by atoms with Crippen molar-refractivity contribution >= 4 is 28.5 Å². The number of anilines is 1. The largest absolute Gasteiger partial charge is 0.469 e. The third-order valence-corrected chi connectivity index (χ3v) is 7.15. The SMILES string of the molecule is CCNc1cc2oc3cc(=N)c(C)cc-3c(-c3ccccc3C(=O)N(C)CCCCCC(=O)OC)c2cc1C. The quantitative estimate of drug-likeness (QED) is 0.139. The van der Waals surface area contributed by atoms with Crippen molar-refractivity contribution in [3.05, 3.63) is 70.6 Å². The number of fused-ring (bicyclic) bond motifs is 2. The van der Waals surface area contributed by atoms with E-state index < -0.39 is 0 Å².